The maximum Gasteiger partial charge on any atom is 0.282 e. The average molecular weight is 399 g/mol. The normalized spacial score (nSPS) is 21.0. The number of rotatable bonds is 4. The number of aryl methyl sites for hydroxylation is 2. The number of hydrogen-bond donors (Lipinski definition) is 2. The van der Waals surface area contributed by atoms with Crippen LogP contribution in [0.4, 0.5) is 5.69 Å². The predicted molar refractivity (Wildman–Crippen MR) is 113 cm³/mol. The molecule has 0 bridgehead atoms. The predicted octanol–water partition coefficient (Wildman–Crippen LogP) is 2.44. The van der Waals surface area contributed by atoms with E-state index in [9.17, 15) is 4.79 Å². The summed E-state index contributed by atoms with van der Waals surface area (Å²) in [4.78, 5) is 19.1. The molecule has 2 aromatic heterocycles. The lowest BCUT2D eigenvalue weighted by Gasteiger charge is -2.32. The first-order chi connectivity index (χ1) is 13.4. The molecule has 1 aliphatic heterocycles. The Hall–Kier alpha value is -2.25. The van der Waals surface area contributed by atoms with Crippen molar-refractivity contribution in [2.24, 2.45) is 7.05 Å². The summed E-state index contributed by atoms with van der Waals surface area (Å²) >= 11 is 1.80. The Balaban J connectivity index is 1.46. The third-order valence-corrected chi connectivity index (χ3v) is 7.18. The van der Waals surface area contributed by atoms with E-state index in [0.717, 1.165) is 48.5 Å². The molecule has 28 heavy (non-hydrogen) atoms. The molecule has 2 N–H and O–H groups in total. The second kappa shape index (κ2) is 7.64. The van der Waals surface area contributed by atoms with Crippen molar-refractivity contribution in [2.75, 3.05) is 18.4 Å². The van der Waals surface area contributed by atoms with Gasteiger partial charge in [-0.25, -0.2) is 4.98 Å². The van der Waals surface area contributed by atoms with Gasteiger partial charge < -0.3 is 10.2 Å². The number of likely N-dealkylation sites (tertiary alicyclic amines) is 1. The molecule has 4 rings (SSSR count). The van der Waals surface area contributed by atoms with Gasteiger partial charge in [-0.15, -0.1) is 11.3 Å². The lowest BCUT2D eigenvalue weighted by Crippen LogP contribution is -3.17. The fourth-order valence-electron chi connectivity index (χ4n) is 4.14. The number of carbonyl (C=O) groups excluding carboxylic acids is 1. The molecule has 3 aromatic rings. The van der Waals surface area contributed by atoms with Gasteiger partial charge in [0.1, 0.15) is 5.01 Å². The number of nitrogens with one attached hydrogen (secondary N) is 2. The van der Waals surface area contributed by atoms with Crippen molar-refractivity contribution in [3.05, 3.63) is 40.7 Å². The number of para-hydroxylation sites is 1. The van der Waals surface area contributed by atoms with Crippen molar-refractivity contribution in [1.82, 2.24) is 14.8 Å². The highest BCUT2D eigenvalue weighted by atomic mass is 32.1. The molecular weight excluding hydrogens is 370 g/mol. The van der Waals surface area contributed by atoms with Gasteiger partial charge in [-0.1, -0.05) is 12.1 Å². The molecule has 0 aliphatic carbocycles. The van der Waals surface area contributed by atoms with Crippen LogP contribution in [0.1, 0.15) is 42.1 Å². The van der Waals surface area contributed by atoms with Crippen molar-refractivity contribution >= 4 is 33.1 Å². The molecule has 1 amide bonds. The minimum Gasteiger partial charge on any atom is -0.324 e. The zero-order chi connectivity index (χ0) is 19.8. The zero-order valence-corrected chi connectivity index (χ0v) is 17.8. The molecule has 1 unspecified atom stereocenters. The molecule has 0 saturated carbocycles. The molecule has 3 atom stereocenters. The number of carbonyl (C=O) groups is 1. The van der Waals surface area contributed by atoms with E-state index >= 15 is 0 Å². The summed E-state index contributed by atoms with van der Waals surface area (Å²) in [7, 11) is 1.90. The van der Waals surface area contributed by atoms with Gasteiger partial charge in [0.2, 0.25) is 0 Å². The molecule has 0 radical (unpaired) electrons. The van der Waals surface area contributed by atoms with Crippen LogP contribution in [0.5, 0.6) is 0 Å². The first-order valence-corrected chi connectivity index (χ1v) is 10.8. The Morgan fingerprint density at radius 3 is 2.86 bits per heavy atom. The summed E-state index contributed by atoms with van der Waals surface area (Å²) in [6.45, 7) is 7.94. The number of anilines is 1. The van der Waals surface area contributed by atoms with Gasteiger partial charge in [0.05, 0.1) is 46.3 Å². The second-order valence-electron chi connectivity index (χ2n) is 7.85. The number of benzene rings is 1. The molecule has 1 aromatic carbocycles. The standard InChI is InChI=1S/C21H27N5OS/c1-13-19(14(2)25(4)24-13)23-20(27)15(3)26-11-7-8-16(12-26)21-22-17-9-5-6-10-18(17)28-21/h5-6,9-10,15-16H,7-8,11-12H2,1-4H3,(H,23,27)/p+1/t15-,16+/m1/s1. The molecule has 0 spiro atoms. The van der Waals surface area contributed by atoms with Gasteiger partial charge >= 0.3 is 0 Å². The van der Waals surface area contributed by atoms with E-state index in [2.05, 4.69) is 28.6 Å². The fourth-order valence-corrected chi connectivity index (χ4v) is 5.24. The van der Waals surface area contributed by atoms with Crippen molar-refractivity contribution in [3.63, 3.8) is 0 Å². The van der Waals surface area contributed by atoms with Crippen molar-refractivity contribution in [2.45, 2.75) is 45.6 Å². The molecular formula is C21H28N5OS+. The Kier molecular flexibility index (Phi) is 5.21. The number of nitrogens with zero attached hydrogens (tertiary/aromatic N) is 3. The van der Waals surface area contributed by atoms with E-state index < -0.39 is 0 Å². The minimum absolute atomic E-state index is 0.0687. The first-order valence-electron chi connectivity index (χ1n) is 9.95. The Morgan fingerprint density at radius 2 is 2.14 bits per heavy atom. The molecule has 3 heterocycles. The third kappa shape index (κ3) is 3.56. The maximum atomic E-state index is 12.9. The smallest absolute Gasteiger partial charge is 0.282 e. The summed E-state index contributed by atoms with van der Waals surface area (Å²) in [5.41, 5.74) is 3.78. The van der Waals surface area contributed by atoms with Crippen molar-refractivity contribution < 1.29 is 9.69 Å². The Bertz CT molecular complexity index is 975. The van der Waals surface area contributed by atoms with Crippen LogP contribution in [-0.4, -0.2) is 39.8 Å². The highest BCUT2D eigenvalue weighted by Gasteiger charge is 2.33. The number of quaternary nitrogens is 1. The molecule has 7 heteroatoms. The van der Waals surface area contributed by atoms with Crippen LogP contribution < -0.4 is 10.2 Å². The van der Waals surface area contributed by atoms with E-state index in [1.807, 2.05) is 38.6 Å². The SMILES string of the molecule is Cc1nn(C)c(C)c1NC(=O)[C@@H](C)[NH+]1CCC[C@H](c2nc3ccccc3s2)C1. The van der Waals surface area contributed by atoms with Gasteiger partial charge in [-0.05, 0) is 45.7 Å². The Labute approximate surface area is 169 Å². The molecule has 6 nitrogen and oxygen atoms in total. The van der Waals surface area contributed by atoms with Gasteiger partial charge in [0, 0.05) is 7.05 Å². The van der Waals surface area contributed by atoms with E-state index in [-0.39, 0.29) is 11.9 Å². The van der Waals surface area contributed by atoms with E-state index in [1.165, 1.54) is 14.6 Å². The largest absolute Gasteiger partial charge is 0.324 e. The summed E-state index contributed by atoms with van der Waals surface area (Å²) in [5.74, 6) is 0.498. The quantitative estimate of drug-likeness (QED) is 0.710. The maximum absolute atomic E-state index is 12.9. The molecule has 148 valence electrons. The molecule has 1 fully saturated rings. The number of fused-ring (bicyclic) bond motifs is 1. The van der Waals surface area contributed by atoms with Crippen LogP contribution in [0.15, 0.2) is 24.3 Å². The number of hydrogen-bond acceptors (Lipinski definition) is 4. The van der Waals surface area contributed by atoms with Crippen LogP contribution in [-0.2, 0) is 11.8 Å². The number of thiazole rings is 1. The summed E-state index contributed by atoms with van der Waals surface area (Å²) < 4.78 is 3.06. The molecule has 1 saturated heterocycles. The summed E-state index contributed by atoms with van der Waals surface area (Å²) in [6.07, 6.45) is 2.27. The van der Waals surface area contributed by atoms with Crippen LogP contribution >= 0.6 is 11.3 Å². The zero-order valence-electron chi connectivity index (χ0n) is 17.0. The first kappa shape index (κ1) is 19.1. The van der Waals surface area contributed by atoms with Gasteiger partial charge in [-0.3, -0.25) is 9.48 Å². The highest BCUT2D eigenvalue weighted by molar-refractivity contribution is 7.18. The second-order valence-corrected chi connectivity index (χ2v) is 8.91. The van der Waals surface area contributed by atoms with Crippen LogP contribution in [0.3, 0.4) is 0 Å². The fraction of sp³-hybridized carbons (Fsp3) is 0.476. The number of piperidine rings is 1. The van der Waals surface area contributed by atoms with Crippen LogP contribution in [0.25, 0.3) is 10.2 Å². The van der Waals surface area contributed by atoms with Crippen LogP contribution in [0.2, 0.25) is 0 Å². The van der Waals surface area contributed by atoms with Gasteiger partial charge in [-0.2, -0.15) is 5.10 Å². The van der Waals surface area contributed by atoms with E-state index in [0.29, 0.717) is 5.92 Å². The summed E-state index contributed by atoms with van der Waals surface area (Å²) in [6, 6.07) is 8.23. The monoisotopic (exact) mass is 398 g/mol. The van der Waals surface area contributed by atoms with Gasteiger partial charge in [0.25, 0.3) is 5.91 Å². The van der Waals surface area contributed by atoms with E-state index in [4.69, 9.17) is 4.98 Å². The Morgan fingerprint density at radius 1 is 1.36 bits per heavy atom. The third-order valence-electron chi connectivity index (χ3n) is 5.98. The molecule has 1 aliphatic rings. The lowest BCUT2D eigenvalue weighted by molar-refractivity contribution is -0.920. The van der Waals surface area contributed by atoms with E-state index in [1.54, 1.807) is 11.3 Å². The topological polar surface area (TPSA) is 64.2 Å². The summed E-state index contributed by atoms with van der Waals surface area (Å²) in [5, 5.41) is 8.73. The number of amides is 1. The van der Waals surface area contributed by atoms with Crippen LogP contribution in [0, 0.1) is 13.8 Å². The minimum atomic E-state index is -0.101. The highest BCUT2D eigenvalue weighted by Crippen LogP contribution is 2.30. The lowest BCUT2D eigenvalue weighted by atomic mass is 9.97. The van der Waals surface area contributed by atoms with Crippen molar-refractivity contribution in [1.29, 1.82) is 0 Å². The number of aromatic nitrogens is 3. The average Bonchev–Trinajstić information content (AvgIpc) is 3.24. The van der Waals surface area contributed by atoms with Gasteiger partial charge in [0.15, 0.2) is 6.04 Å². The van der Waals surface area contributed by atoms with Crippen molar-refractivity contribution in [3.8, 4) is 0 Å².